The van der Waals surface area contributed by atoms with Gasteiger partial charge in [0, 0.05) is 6.04 Å². The Bertz CT molecular complexity index is 83.3. The maximum atomic E-state index is 5.80. The summed E-state index contributed by atoms with van der Waals surface area (Å²) in [5.74, 6) is 0.711. The molecule has 3 N–H and O–H groups in total. The van der Waals surface area contributed by atoms with Crippen LogP contribution in [0.25, 0.3) is 0 Å². The molecule has 0 aromatic heterocycles. The molecule has 1 heterocycles. The fourth-order valence-electron chi connectivity index (χ4n) is 1.49. The number of nitrogens with one attached hydrogen (secondary N) is 1. The van der Waals surface area contributed by atoms with Crippen LogP contribution in [0.5, 0.6) is 0 Å². The average molecular weight is 142 g/mol. The van der Waals surface area contributed by atoms with Gasteiger partial charge in [-0.3, -0.25) is 0 Å². The summed E-state index contributed by atoms with van der Waals surface area (Å²) in [6.45, 7) is 4.42. The molecular formula is C8H18N2. The largest absolute Gasteiger partial charge is 0.328 e. The van der Waals surface area contributed by atoms with Gasteiger partial charge >= 0.3 is 0 Å². The van der Waals surface area contributed by atoms with Crippen molar-refractivity contribution in [2.75, 3.05) is 13.1 Å². The third kappa shape index (κ3) is 2.27. The van der Waals surface area contributed by atoms with Gasteiger partial charge in [0.25, 0.3) is 0 Å². The van der Waals surface area contributed by atoms with Crippen molar-refractivity contribution < 1.29 is 0 Å². The number of hydrogen-bond donors (Lipinski definition) is 2. The quantitative estimate of drug-likeness (QED) is 0.566. The maximum absolute atomic E-state index is 5.80. The summed E-state index contributed by atoms with van der Waals surface area (Å²) in [5, 5.41) is 3.40. The van der Waals surface area contributed by atoms with Crippen LogP contribution in [0, 0.1) is 5.92 Å². The molecule has 1 aliphatic heterocycles. The van der Waals surface area contributed by atoms with Crippen LogP contribution in [0.15, 0.2) is 0 Å². The first kappa shape index (κ1) is 8.02. The monoisotopic (exact) mass is 142 g/mol. The van der Waals surface area contributed by atoms with Crippen molar-refractivity contribution in [3.8, 4) is 0 Å². The van der Waals surface area contributed by atoms with Crippen LogP contribution < -0.4 is 11.1 Å². The lowest BCUT2D eigenvalue weighted by Crippen LogP contribution is -2.33. The SMILES string of the molecule is CC(N)C1CCCCNC1. The minimum absolute atomic E-state index is 0.366. The van der Waals surface area contributed by atoms with Crippen LogP contribution in [-0.4, -0.2) is 19.1 Å². The molecule has 2 atom stereocenters. The van der Waals surface area contributed by atoms with Crippen LogP contribution in [0.1, 0.15) is 26.2 Å². The molecule has 0 spiro atoms. The molecule has 0 amide bonds. The Morgan fingerprint density at radius 1 is 1.50 bits per heavy atom. The summed E-state index contributed by atoms with van der Waals surface area (Å²) in [6.07, 6.45) is 3.98. The third-order valence-corrected chi connectivity index (χ3v) is 2.33. The molecule has 0 saturated carbocycles. The lowest BCUT2D eigenvalue weighted by molar-refractivity contribution is 0.411. The van der Waals surface area contributed by atoms with Crippen molar-refractivity contribution in [1.82, 2.24) is 5.32 Å². The number of nitrogens with two attached hydrogens (primary N) is 1. The standard InChI is InChI=1S/C8H18N2/c1-7(9)8-4-2-3-5-10-6-8/h7-8,10H,2-6,9H2,1H3. The van der Waals surface area contributed by atoms with E-state index in [0.29, 0.717) is 12.0 Å². The topological polar surface area (TPSA) is 38.0 Å². The van der Waals surface area contributed by atoms with E-state index in [1.165, 1.54) is 25.8 Å². The first-order valence-electron chi connectivity index (χ1n) is 4.27. The van der Waals surface area contributed by atoms with Gasteiger partial charge < -0.3 is 11.1 Å². The Kier molecular flexibility index (Phi) is 3.16. The van der Waals surface area contributed by atoms with E-state index < -0.39 is 0 Å². The molecule has 1 saturated heterocycles. The molecule has 0 aromatic carbocycles. The van der Waals surface area contributed by atoms with E-state index in [2.05, 4.69) is 12.2 Å². The second kappa shape index (κ2) is 3.94. The van der Waals surface area contributed by atoms with E-state index in [1.54, 1.807) is 0 Å². The Balaban J connectivity index is 2.28. The van der Waals surface area contributed by atoms with Gasteiger partial charge in [-0.15, -0.1) is 0 Å². The first-order chi connectivity index (χ1) is 4.80. The summed E-state index contributed by atoms with van der Waals surface area (Å²) in [4.78, 5) is 0. The Morgan fingerprint density at radius 3 is 3.00 bits per heavy atom. The van der Waals surface area contributed by atoms with Crippen LogP contribution in [0.4, 0.5) is 0 Å². The molecule has 2 nitrogen and oxygen atoms in total. The molecule has 0 bridgehead atoms. The molecule has 10 heavy (non-hydrogen) atoms. The highest BCUT2D eigenvalue weighted by molar-refractivity contribution is 4.73. The summed E-state index contributed by atoms with van der Waals surface area (Å²) in [6, 6.07) is 0.366. The van der Waals surface area contributed by atoms with Crippen LogP contribution >= 0.6 is 0 Å². The van der Waals surface area contributed by atoms with Gasteiger partial charge in [-0.2, -0.15) is 0 Å². The van der Waals surface area contributed by atoms with Crippen molar-refractivity contribution in [2.24, 2.45) is 11.7 Å². The van der Waals surface area contributed by atoms with E-state index in [1.807, 2.05) is 0 Å². The first-order valence-corrected chi connectivity index (χ1v) is 4.27. The van der Waals surface area contributed by atoms with E-state index in [0.717, 1.165) is 6.54 Å². The van der Waals surface area contributed by atoms with Gasteiger partial charge in [-0.1, -0.05) is 6.42 Å². The van der Waals surface area contributed by atoms with E-state index in [4.69, 9.17) is 5.73 Å². The molecule has 1 rings (SSSR count). The van der Waals surface area contributed by atoms with E-state index >= 15 is 0 Å². The fourth-order valence-corrected chi connectivity index (χ4v) is 1.49. The minimum Gasteiger partial charge on any atom is -0.328 e. The highest BCUT2D eigenvalue weighted by Crippen LogP contribution is 2.13. The Morgan fingerprint density at radius 2 is 2.30 bits per heavy atom. The van der Waals surface area contributed by atoms with Gasteiger partial charge in [-0.25, -0.2) is 0 Å². The van der Waals surface area contributed by atoms with E-state index in [9.17, 15) is 0 Å². The fraction of sp³-hybridized carbons (Fsp3) is 1.00. The molecule has 1 aliphatic rings. The number of rotatable bonds is 1. The zero-order valence-electron chi connectivity index (χ0n) is 6.77. The third-order valence-electron chi connectivity index (χ3n) is 2.33. The Labute approximate surface area is 63.2 Å². The molecule has 2 unspecified atom stereocenters. The highest BCUT2D eigenvalue weighted by Gasteiger charge is 2.14. The van der Waals surface area contributed by atoms with Crippen molar-refractivity contribution >= 4 is 0 Å². The second-order valence-corrected chi connectivity index (χ2v) is 3.32. The maximum Gasteiger partial charge on any atom is 0.00508 e. The average Bonchev–Trinajstić information content (AvgIpc) is 2.12. The molecule has 0 aromatic rings. The molecule has 2 heteroatoms. The van der Waals surface area contributed by atoms with Crippen LogP contribution in [0.3, 0.4) is 0 Å². The lowest BCUT2D eigenvalue weighted by atomic mass is 9.97. The molecule has 60 valence electrons. The van der Waals surface area contributed by atoms with Gasteiger partial charge in [0.1, 0.15) is 0 Å². The van der Waals surface area contributed by atoms with Crippen molar-refractivity contribution in [3.05, 3.63) is 0 Å². The molecule has 0 aliphatic carbocycles. The zero-order valence-corrected chi connectivity index (χ0v) is 6.77. The van der Waals surface area contributed by atoms with Crippen molar-refractivity contribution in [1.29, 1.82) is 0 Å². The molecule has 0 radical (unpaired) electrons. The second-order valence-electron chi connectivity index (χ2n) is 3.32. The summed E-state index contributed by atoms with van der Waals surface area (Å²) >= 11 is 0. The summed E-state index contributed by atoms with van der Waals surface area (Å²) in [7, 11) is 0. The summed E-state index contributed by atoms with van der Waals surface area (Å²) in [5.41, 5.74) is 5.80. The predicted octanol–water partition coefficient (Wildman–Crippen LogP) is 0.723. The number of hydrogen-bond acceptors (Lipinski definition) is 2. The van der Waals surface area contributed by atoms with Crippen molar-refractivity contribution in [3.63, 3.8) is 0 Å². The highest BCUT2D eigenvalue weighted by atomic mass is 14.9. The normalized spacial score (nSPS) is 31.2. The Hall–Kier alpha value is -0.0800. The van der Waals surface area contributed by atoms with Gasteiger partial charge in [0.2, 0.25) is 0 Å². The summed E-state index contributed by atoms with van der Waals surface area (Å²) < 4.78 is 0. The zero-order chi connectivity index (χ0) is 7.40. The van der Waals surface area contributed by atoms with Crippen LogP contribution in [-0.2, 0) is 0 Å². The molecule has 1 fully saturated rings. The predicted molar refractivity (Wildman–Crippen MR) is 43.9 cm³/mol. The van der Waals surface area contributed by atoms with Crippen molar-refractivity contribution in [2.45, 2.75) is 32.2 Å². The van der Waals surface area contributed by atoms with Gasteiger partial charge in [-0.05, 0) is 38.8 Å². The van der Waals surface area contributed by atoms with E-state index in [-0.39, 0.29) is 0 Å². The molecular weight excluding hydrogens is 124 g/mol. The van der Waals surface area contributed by atoms with Gasteiger partial charge in [0.05, 0.1) is 0 Å². The van der Waals surface area contributed by atoms with Crippen LogP contribution in [0.2, 0.25) is 0 Å². The lowest BCUT2D eigenvalue weighted by Gasteiger charge is -2.17. The smallest absolute Gasteiger partial charge is 0.00508 e. The minimum atomic E-state index is 0.366. The van der Waals surface area contributed by atoms with Gasteiger partial charge in [0.15, 0.2) is 0 Å².